The van der Waals surface area contributed by atoms with Gasteiger partial charge in [0, 0.05) is 6.54 Å². The molecule has 0 spiro atoms. The Morgan fingerprint density at radius 3 is 2.33 bits per heavy atom. The summed E-state index contributed by atoms with van der Waals surface area (Å²) >= 11 is 0. The maximum atomic E-state index is 11.8. The zero-order valence-corrected chi connectivity index (χ0v) is 21.9. The highest BCUT2D eigenvalue weighted by molar-refractivity contribution is 7.83. The number of aliphatic hydroxyl groups is 2. The molecule has 4 saturated carbocycles. The van der Waals surface area contributed by atoms with Gasteiger partial charge in [-0.2, -0.15) is 13.1 Å². The van der Waals surface area contributed by atoms with Crippen LogP contribution in [0.15, 0.2) is 0 Å². The van der Waals surface area contributed by atoms with E-state index in [1.54, 1.807) is 0 Å². The van der Waals surface area contributed by atoms with Gasteiger partial charge >= 0.3 is 10.3 Å². The summed E-state index contributed by atoms with van der Waals surface area (Å²) in [6.45, 7) is 9.77. The Morgan fingerprint density at radius 1 is 1.00 bits per heavy atom. The van der Waals surface area contributed by atoms with E-state index >= 15 is 0 Å². The van der Waals surface area contributed by atoms with E-state index in [0.29, 0.717) is 35.5 Å². The minimum absolute atomic E-state index is 0.207. The van der Waals surface area contributed by atoms with Gasteiger partial charge in [-0.05, 0) is 110 Å². The van der Waals surface area contributed by atoms with Crippen molar-refractivity contribution in [1.82, 2.24) is 4.72 Å². The molecule has 0 amide bonds. The zero-order valence-electron chi connectivity index (χ0n) is 21.0. The third-order valence-corrected chi connectivity index (χ3v) is 11.8. The SMILES string of the molecule is CC[C@H]1[C@@H](O)[C@@H]2[C@H](CC[C@]3(C)[C@@H]([C@H](C)CCCNS(=O)(=O)O)CC[C@@H]23)[C@@]2(C)CC[C@@H](O)C[C@@H]12. The molecule has 4 rings (SSSR count). The molecule has 4 N–H and O–H groups in total. The van der Waals surface area contributed by atoms with Gasteiger partial charge in [0.05, 0.1) is 12.2 Å². The standard InChI is InChI=1S/C26H47NO5S/c1-5-18-22-15-17(28)10-12-26(22,4)21-11-13-25(3)19(8-9-20(25)23(21)24(18)29)16(2)7-6-14-27-33(30,31)32/h16-24,27-29H,5-15H2,1-4H3,(H,30,31,32)/t16-,17-,18-,19-,20+,21+,22+,23+,24-,25-,26-/m1/s1. The number of rotatable bonds is 7. The average molecular weight is 486 g/mol. The molecule has 7 heteroatoms. The summed E-state index contributed by atoms with van der Waals surface area (Å²) in [5.41, 5.74) is 0.462. The summed E-state index contributed by atoms with van der Waals surface area (Å²) in [4.78, 5) is 0. The summed E-state index contributed by atoms with van der Waals surface area (Å²) in [5.74, 6) is 3.28. The molecule has 0 saturated heterocycles. The second kappa shape index (κ2) is 9.34. The largest absolute Gasteiger partial charge is 0.393 e. The van der Waals surface area contributed by atoms with E-state index < -0.39 is 10.3 Å². The van der Waals surface area contributed by atoms with Crippen molar-refractivity contribution < 1.29 is 23.2 Å². The fourth-order valence-electron chi connectivity index (χ4n) is 9.76. The molecule has 33 heavy (non-hydrogen) atoms. The first kappa shape index (κ1) is 25.9. The fraction of sp³-hybridized carbons (Fsp3) is 1.00. The van der Waals surface area contributed by atoms with Gasteiger partial charge in [0.25, 0.3) is 0 Å². The summed E-state index contributed by atoms with van der Waals surface area (Å²) in [6.07, 6.45) is 9.82. The third kappa shape index (κ3) is 4.54. The number of hydrogen-bond donors (Lipinski definition) is 4. The molecule has 192 valence electrons. The van der Waals surface area contributed by atoms with Gasteiger partial charge in [-0.3, -0.25) is 4.55 Å². The second-order valence-electron chi connectivity index (χ2n) is 12.6. The normalized spacial score (nSPS) is 48.6. The molecule has 11 atom stereocenters. The topological polar surface area (TPSA) is 107 Å². The van der Waals surface area contributed by atoms with Crippen molar-refractivity contribution in [3.63, 3.8) is 0 Å². The number of aliphatic hydroxyl groups excluding tert-OH is 2. The van der Waals surface area contributed by atoms with Gasteiger partial charge in [0.15, 0.2) is 0 Å². The number of fused-ring (bicyclic) bond motifs is 5. The van der Waals surface area contributed by atoms with Crippen molar-refractivity contribution in [2.45, 2.75) is 104 Å². The fourth-order valence-corrected chi connectivity index (χ4v) is 10.2. The lowest BCUT2D eigenvalue weighted by molar-refractivity contribution is -0.203. The average Bonchev–Trinajstić information content (AvgIpc) is 3.09. The lowest BCUT2D eigenvalue weighted by Gasteiger charge is -2.64. The maximum Gasteiger partial charge on any atom is 0.333 e. The number of nitrogens with one attached hydrogen (secondary N) is 1. The van der Waals surface area contributed by atoms with Crippen LogP contribution in [0.4, 0.5) is 0 Å². The molecule has 6 nitrogen and oxygen atoms in total. The van der Waals surface area contributed by atoms with E-state index in [1.807, 2.05) is 0 Å². The highest BCUT2D eigenvalue weighted by atomic mass is 32.2. The Balaban J connectivity index is 1.51. The van der Waals surface area contributed by atoms with E-state index in [0.717, 1.165) is 38.5 Å². The molecule has 0 bridgehead atoms. The Morgan fingerprint density at radius 2 is 1.67 bits per heavy atom. The minimum Gasteiger partial charge on any atom is -0.393 e. The van der Waals surface area contributed by atoms with Crippen LogP contribution in [-0.4, -0.2) is 41.9 Å². The molecule has 0 radical (unpaired) electrons. The predicted molar refractivity (Wildman–Crippen MR) is 130 cm³/mol. The monoisotopic (exact) mass is 485 g/mol. The Bertz CT molecular complexity index is 805. The van der Waals surface area contributed by atoms with Gasteiger partial charge in [-0.15, -0.1) is 0 Å². The van der Waals surface area contributed by atoms with Gasteiger partial charge in [-0.25, -0.2) is 0 Å². The summed E-state index contributed by atoms with van der Waals surface area (Å²) < 4.78 is 33.0. The Kier molecular flexibility index (Phi) is 7.33. The summed E-state index contributed by atoms with van der Waals surface area (Å²) in [6, 6.07) is 0. The maximum absolute atomic E-state index is 11.8. The molecule has 0 aromatic carbocycles. The summed E-state index contributed by atoms with van der Waals surface area (Å²) in [7, 11) is -4.11. The Hall–Kier alpha value is -0.210. The molecule has 0 aromatic rings. The van der Waals surface area contributed by atoms with Crippen LogP contribution in [0.1, 0.15) is 91.9 Å². The molecular formula is C26H47NO5S. The van der Waals surface area contributed by atoms with Crippen LogP contribution in [0.5, 0.6) is 0 Å². The molecule has 4 aliphatic rings. The molecule has 0 unspecified atom stereocenters. The lowest BCUT2D eigenvalue weighted by Crippen LogP contribution is -2.62. The van der Waals surface area contributed by atoms with Crippen LogP contribution in [0, 0.1) is 52.3 Å². The van der Waals surface area contributed by atoms with E-state index in [-0.39, 0.29) is 35.5 Å². The molecular weight excluding hydrogens is 438 g/mol. The van der Waals surface area contributed by atoms with Crippen LogP contribution in [0.3, 0.4) is 0 Å². The quantitative estimate of drug-likeness (QED) is 0.315. The first-order valence-corrected chi connectivity index (χ1v) is 14.9. The summed E-state index contributed by atoms with van der Waals surface area (Å²) in [5, 5.41) is 22.2. The molecule has 4 fully saturated rings. The highest BCUT2D eigenvalue weighted by Crippen LogP contribution is 2.69. The second-order valence-corrected chi connectivity index (χ2v) is 13.8. The smallest absolute Gasteiger partial charge is 0.333 e. The number of hydrogen-bond acceptors (Lipinski definition) is 4. The molecule has 0 heterocycles. The van der Waals surface area contributed by atoms with Crippen molar-refractivity contribution in [3.8, 4) is 0 Å². The minimum atomic E-state index is -4.11. The molecule has 4 aliphatic carbocycles. The van der Waals surface area contributed by atoms with Crippen molar-refractivity contribution in [3.05, 3.63) is 0 Å². The van der Waals surface area contributed by atoms with E-state index in [9.17, 15) is 18.6 Å². The van der Waals surface area contributed by atoms with Gasteiger partial charge in [0.2, 0.25) is 0 Å². The van der Waals surface area contributed by atoms with Crippen LogP contribution in [0.2, 0.25) is 0 Å². The molecule has 0 aromatic heterocycles. The zero-order chi connectivity index (χ0) is 24.2. The van der Waals surface area contributed by atoms with Crippen molar-refractivity contribution in [2.75, 3.05) is 6.54 Å². The van der Waals surface area contributed by atoms with Crippen molar-refractivity contribution >= 4 is 10.3 Å². The first-order valence-electron chi connectivity index (χ1n) is 13.5. The van der Waals surface area contributed by atoms with Crippen LogP contribution in [0.25, 0.3) is 0 Å². The van der Waals surface area contributed by atoms with E-state index in [2.05, 4.69) is 32.4 Å². The van der Waals surface area contributed by atoms with Crippen molar-refractivity contribution in [1.29, 1.82) is 0 Å². The van der Waals surface area contributed by atoms with E-state index in [1.165, 1.54) is 25.7 Å². The lowest BCUT2D eigenvalue weighted by atomic mass is 9.41. The molecule has 0 aliphatic heterocycles. The predicted octanol–water partition coefficient (Wildman–Crippen LogP) is 4.42. The Labute approximate surface area is 201 Å². The third-order valence-electron chi connectivity index (χ3n) is 11.3. The highest BCUT2D eigenvalue weighted by Gasteiger charge is 2.64. The van der Waals surface area contributed by atoms with Gasteiger partial charge in [-0.1, -0.05) is 34.1 Å². The van der Waals surface area contributed by atoms with Gasteiger partial charge < -0.3 is 10.2 Å². The van der Waals surface area contributed by atoms with Crippen LogP contribution >= 0.6 is 0 Å². The van der Waals surface area contributed by atoms with Gasteiger partial charge in [0.1, 0.15) is 0 Å². The van der Waals surface area contributed by atoms with E-state index in [4.69, 9.17) is 4.55 Å². The van der Waals surface area contributed by atoms with Crippen LogP contribution in [-0.2, 0) is 10.3 Å². The first-order chi connectivity index (χ1) is 15.4. The van der Waals surface area contributed by atoms with Crippen molar-refractivity contribution in [2.24, 2.45) is 52.3 Å². The van der Waals surface area contributed by atoms with Crippen LogP contribution < -0.4 is 4.72 Å².